The topological polar surface area (TPSA) is 81.4 Å². The molecule has 1 heterocycles. The van der Waals surface area contributed by atoms with Crippen molar-refractivity contribution in [2.45, 2.75) is 43.2 Å². The van der Waals surface area contributed by atoms with Crippen molar-refractivity contribution in [3.63, 3.8) is 0 Å². The molecule has 5 nitrogen and oxygen atoms in total. The fraction of sp³-hybridized carbons (Fsp3) is 0.500. The van der Waals surface area contributed by atoms with Crippen LogP contribution in [-0.2, 0) is 21.2 Å². The summed E-state index contributed by atoms with van der Waals surface area (Å²) in [4.78, 5) is 0.620. The molecular formula is C14H20N2O3S2. The van der Waals surface area contributed by atoms with Crippen molar-refractivity contribution in [3.8, 4) is 0 Å². The van der Waals surface area contributed by atoms with Crippen LogP contribution in [0.4, 0.5) is 0 Å². The maximum Gasteiger partial charge on any atom is 0.240 e. The normalized spacial score (nSPS) is 20.3. The molecule has 1 aromatic carbocycles. The van der Waals surface area contributed by atoms with E-state index in [0.29, 0.717) is 18.0 Å². The highest BCUT2D eigenvalue weighted by Crippen LogP contribution is 2.18. The number of hydrogen-bond donors (Lipinski definition) is 2. The number of ether oxygens (including phenoxy) is 1. The molecule has 0 aromatic heterocycles. The van der Waals surface area contributed by atoms with E-state index < -0.39 is 10.0 Å². The third-order valence-corrected chi connectivity index (χ3v) is 5.19. The van der Waals surface area contributed by atoms with Gasteiger partial charge in [0.2, 0.25) is 10.0 Å². The zero-order valence-electron chi connectivity index (χ0n) is 11.9. The van der Waals surface area contributed by atoms with E-state index in [1.807, 2.05) is 6.92 Å². The molecule has 2 rings (SSSR count). The van der Waals surface area contributed by atoms with Crippen molar-refractivity contribution >= 4 is 27.2 Å². The molecule has 21 heavy (non-hydrogen) atoms. The number of thiocarbonyl (C=S) groups is 1. The minimum Gasteiger partial charge on any atom is -0.393 e. The zero-order chi connectivity index (χ0) is 15.5. The summed E-state index contributed by atoms with van der Waals surface area (Å²) in [5.41, 5.74) is 6.37. The minimum atomic E-state index is -3.54. The summed E-state index contributed by atoms with van der Waals surface area (Å²) in [6, 6.07) is 6.35. The van der Waals surface area contributed by atoms with E-state index in [4.69, 9.17) is 22.7 Å². The van der Waals surface area contributed by atoms with Crippen LogP contribution in [0, 0.1) is 0 Å². The Balaban J connectivity index is 2.06. The Bertz CT molecular complexity index is 593. The van der Waals surface area contributed by atoms with Crippen LogP contribution in [0.2, 0.25) is 0 Å². The lowest BCUT2D eigenvalue weighted by atomic mass is 10.1. The van der Waals surface area contributed by atoms with Crippen LogP contribution in [0.15, 0.2) is 29.2 Å². The Hall–Kier alpha value is -1.02. The first-order valence-electron chi connectivity index (χ1n) is 6.89. The predicted molar refractivity (Wildman–Crippen MR) is 85.7 cm³/mol. The van der Waals surface area contributed by atoms with Gasteiger partial charge in [0.05, 0.1) is 16.0 Å². The van der Waals surface area contributed by atoms with Gasteiger partial charge in [0.15, 0.2) is 0 Å². The van der Waals surface area contributed by atoms with Gasteiger partial charge >= 0.3 is 0 Å². The van der Waals surface area contributed by atoms with Gasteiger partial charge in [-0.05, 0) is 37.5 Å². The van der Waals surface area contributed by atoms with E-state index in [2.05, 4.69) is 4.72 Å². The van der Waals surface area contributed by atoms with Crippen LogP contribution in [0.1, 0.15) is 25.3 Å². The lowest BCUT2D eigenvalue weighted by Crippen LogP contribution is -2.40. The first-order chi connectivity index (χ1) is 9.88. The predicted octanol–water partition coefficient (Wildman–Crippen LogP) is 1.36. The molecule has 1 fully saturated rings. The number of benzene rings is 1. The van der Waals surface area contributed by atoms with Crippen LogP contribution < -0.4 is 10.5 Å². The van der Waals surface area contributed by atoms with E-state index in [0.717, 1.165) is 18.4 Å². The largest absolute Gasteiger partial charge is 0.393 e. The summed E-state index contributed by atoms with van der Waals surface area (Å²) in [5, 5.41) is 0. The Morgan fingerprint density at radius 1 is 1.48 bits per heavy atom. The summed E-state index contributed by atoms with van der Waals surface area (Å²) in [5.74, 6) is 0. The fourth-order valence-electron chi connectivity index (χ4n) is 2.37. The van der Waals surface area contributed by atoms with Crippen LogP contribution in [0.5, 0.6) is 0 Å². The first-order valence-corrected chi connectivity index (χ1v) is 8.79. The number of hydrogen-bond acceptors (Lipinski definition) is 4. The summed E-state index contributed by atoms with van der Waals surface area (Å²) in [6.45, 7) is 2.53. The molecule has 7 heteroatoms. The molecule has 2 atom stereocenters. The van der Waals surface area contributed by atoms with E-state index in [-0.39, 0.29) is 17.0 Å². The van der Waals surface area contributed by atoms with Gasteiger partial charge in [0.25, 0.3) is 0 Å². The molecule has 0 amide bonds. The van der Waals surface area contributed by atoms with Crippen molar-refractivity contribution in [2.24, 2.45) is 5.73 Å². The molecule has 2 unspecified atom stereocenters. The van der Waals surface area contributed by atoms with Gasteiger partial charge in [-0.15, -0.1) is 0 Å². The summed E-state index contributed by atoms with van der Waals surface area (Å²) >= 11 is 4.84. The molecule has 0 spiro atoms. The molecule has 1 aromatic rings. The van der Waals surface area contributed by atoms with Crippen LogP contribution in [-0.4, -0.2) is 32.2 Å². The Morgan fingerprint density at radius 3 is 2.67 bits per heavy atom. The SMILES string of the molecule is CC(NS(=O)(=O)c1ccc(CC(N)=S)cc1)C1CCCO1. The molecule has 0 aliphatic carbocycles. The Morgan fingerprint density at radius 2 is 2.14 bits per heavy atom. The maximum absolute atomic E-state index is 12.3. The van der Waals surface area contributed by atoms with Crippen molar-refractivity contribution in [2.75, 3.05) is 6.61 Å². The highest BCUT2D eigenvalue weighted by Gasteiger charge is 2.26. The van der Waals surface area contributed by atoms with Crippen molar-refractivity contribution in [1.82, 2.24) is 4.72 Å². The van der Waals surface area contributed by atoms with Gasteiger partial charge in [-0.3, -0.25) is 0 Å². The van der Waals surface area contributed by atoms with Crippen molar-refractivity contribution in [1.29, 1.82) is 0 Å². The lowest BCUT2D eigenvalue weighted by molar-refractivity contribution is 0.0902. The summed E-state index contributed by atoms with van der Waals surface area (Å²) in [6.07, 6.45) is 2.28. The highest BCUT2D eigenvalue weighted by molar-refractivity contribution is 7.89. The third-order valence-electron chi connectivity index (χ3n) is 3.48. The van der Waals surface area contributed by atoms with E-state index in [1.54, 1.807) is 24.3 Å². The van der Waals surface area contributed by atoms with Gasteiger partial charge < -0.3 is 10.5 Å². The van der Waals surface area contributed by atoms with Crippen molar-refractivity contribution in [3.05, 3.63) is 29.8 Å². The highest BCUT2D eigenvalue weighted by atomic mass is 32.2. The van der Waals surface area contributed by atoms with Crippen LogP contribution in [0.25, 0.3) is 0 Å². The average Bonchev–Trinajstić information content (AvgIpc) is 2.92. The second-order valence-corrected chi connectivity index (χ2v) is 7.49. The van der Waals surface area contributed by atoms with Gasteiger partial charge in [0.1, 0.15) is 0 Å². The first kappa shape index (κ1) is 16.4. The van der Waals surface area contributed by atoms with Crippen LogP contribution >= 0.6 is 12.2 Å². The second kappa shape index (κ2) is 6.83. The number of nitrogens with two attached hydrogens (primary N) is 1. The third kappa shape index (κ3) is 4.47. The van der Waals surface area contributed by atoms with Crippen molar-refractivity contribution < 1.29 is 13.2 Å². The maximum atomic E-state index is 12.3. The number of sulfonamides is 1. The minimum absolute atomic E-state index is 0.0475. The summed E-state index contributed by atoms with van der Waals surface area (Å²) < 4.78 is 32.8. The standard InChI is InChI=1S/C14H20N2O3S2/c1-10(13-3-2-8-19-13)16-21(17,18)12-6-4-11(5-7-12)9-14(15)20/h4-7,10,13,16H,2-3,8-9H2,1H3,(H2,15,20). The van der Waals surface area contributed by atoms with Crippen LogP contribution in [0.3, 0.4) is 0 Å². The Labute approximate surface area is 130 Å². The Kier molecular flexibility index (Phi) is 5.32. The molecule has 116 valence electrons. The summed E-state index contributed by atoms with van der Waals surface area (Å²) in [7, 11) is -3.54. The molecule has 0 saturated carbocycles. The molecule has 1 aliphatic rings. The second-order valence-electron chi connectivity index (χ2n) is 5.25. The van der Waals surface area contributed by atoms with E-state index in [9.17, 15) is 8.42 Å². The van der Waals surface area contributed by atoms with Gasteiger partial charge in [-0.25, -0.2) is 13.1 Å². The van der Waals surface area contributed by atoms with E-state index in [1.165, 1.54) is 0 Å². The van der Waals surface area contributed by atoms with E-state index >= 15 is 0 Å². The molecule has 0 bridgehead atoms. The molecule has 0 radical (unpaired) electrons. The van der Waals surface area contributed by atoms with Gasteiger partial charge in [-0.2, -0.15) is 0 Å². The zero-order valence-corrected chi connectivity index (χ0v) is 13.5. The van der Waals surface area contributed by atoms with Gasteiger partial charge in [0, 0.05) is 19.1 Å². The fourth-order valence-corrected chi connectivity index (χ4v) is 3.81. The number of rotatable bonds is 6. The molecule has 3 N–H and O–H groups in total. The number of nitrogens with one attached hydrogen (secondary N) is 1. The monoisotopic (exact) mass is 328 g/mol. The molecule has 1 saturated heterocycles. The lowest BCUT2D eigenvalue weighted by Gasteiger charge is -2.20. The average molecular weight is 328 g/mol. The quantitative estimate of drug-likeness (QED) is 0.771. The smallest absolute Gasteiger partial charge is 0.240 e. The van der Waals surface area contributed by atoms with Gasteiger partial charge in [-0.1, -0.05) is 24.4 Å². The molecule has 1 aliphatic heterocycles. The molecular weight excluding hydrogens is 308 g/mol.